The minimum atomic E-state index is -4.48. The van der Waals surface area contributed by atoms with Crippen molar-refractivity contribution in [2.45, 2.75) is 24.6 Å². The molecule has 0 amide bonds. The van der Waals surface area contributed by atoms with Gasteiger partial charge in [-0.15, -0.1) is 0 Å². The molecule has 1 aromatic carbocycles. The highest BCUT2D eigenvalue weighted by Gasteiger charge is 2.64. The predicted molar refractivity (Wildman–Crippen MR) is 67.8 cm³/mol. The number of hydrogen-bond donors (Lipinski definition) is 1. The number of ether oxygens (including phenoxy) is 2. The number of methoxy groups -OCH3 is 2. The van der Waals surface area contributed by atoms with Gasteiger partial charge >= 0.3 is 6.18 Å². The molecule has 0 saturated heterocycles. The summed E-state index contributed by atoms with van der Waals surface area (Å²) in [5.74, 6) is 0.190. The van der Waals surface area contributed by atoms with E-state index in [1.807, 2.05) is 0 Å². The summed E-state index contributed by atoms with van der Waals surface area (Å²) in [5, 5.41) is 13.3. The highest BCUT2D eigenvalue weighted by atomic mass is 19.4. The Morgan fingerprint density at radius 2 is 1.76 bits per heavy atom. The first-order valence-corrected chi connectivity index (χ1v) is 5.99. The third-order valence-electron chi connectivity index (χ3n) is 3.37. The fourth-order valence-corrected chi connectivity index (χ4v) is 1.98. The van der Waals surface area contributed by atoms with Gasteiger partial charge in [-0.1, -0.05) is 0 Å². The molecule has 9 heteroatoms. The maximum Gasteiger partial charge on any atom is 0.411 e. The van der Waals surface area contributed by atoms with Crippen molar-refractivity contribution in [3.05, 3.63) is 22.2 Å². The lowest BCUT2D eigenvalue weighted by molar-refractivity contribution is -0.384. The fraction of sp³-hybridized carbons (Fsp3) is 0.500. The van der Waals surface area contributed by atoms with E-state index in [-0.39, 0.29) is 30.0 Å². The normalized spacial score (nSPS) is 16.2. The molecule has 1 fully saturated rings. The molecule has 0 bridgehead atoms. The van der Waals surface area contributed by atoms with Crippen molar-refractivity contribution in [3.63, 3.8) is 0 Å². The first kappa shape index (κ1) is 15.2. The van der Waals surface area contributed by atoms with Gasteiger partial charge in [-0.05, 0) is 12.8 Å². The van der Waals surface area contributed by atoms with Gasteiger partial charge in [0, 0.05) is 6.07 Å². The van der Waals surface area contributed by atoms with Crippen LogP contribution in [-0.2, 0) is 0 Å². The van der Waals surface area contributed by atoms with Gasteiger partial charge in [0.15, 0.2) is 11.5 Å². The summed E-state index contributed by atoms with van der Waals surface area (Å²) < 4.78 is 48.7. The summed E-state index contributed by atoms with van der Waals surface area (Å²) in [5.41, 5.74) is -2.84. The maximum absolute atomic E-state index is 13.0. The molecule has 0 heterocycles. The molecule has 2 rings (SSSR count). The van der Waals surface area contributed by atoms with E-state index in [9.17, 15) is 23.3 Å². The van der Waals surface area contributed by atoms with Crippen molar-refractivity contribution in [1.29, 1.82) is 0 Å². The molecule has 0 atom stereocenters. The van der Waals surface area contributed by atoms with Crippen LogP contribution < -0.4 is 14.8 Å². The number of alkyl halides is 3. The van der Waals surface area contributed by atoms with Crippen molar-refractivity contribution in [2.75, 3.05) is 19.5 Å². The summed E-state index contributed by atoms with van der Waals surface area (Å²) in [6.07, 6.45) is -4.72. The zero-order chi connectivity index (χ0) is 15.8. The van der Waals surface area contributed by atoms with E-state index in [0.717, 1.165) is 12.1 Å². The molecule has 0 aliphatic heterocycles. The summed E-state index contributed by atoms with van der Waals surface area (Å²) >= 11 is 0. The fourth-order valence-electron chi connectivity index (χ4n) is 1.98. The molecular formula is C12H13F3N2O4. The van der Waals surface area contributed by atoms with E-state index >= 15 is 0 Å². The molecule has 0 spiro atoms. The monoisotopic (exact) mass is 306 g/mol. The maximum atomic E-state index is 13.0. The van der Waals surface area contributed by atoms with Gasteiger partial charge in [0.1, 0.15) is 11.2 Å². The molecule has 6 nitrogen and oxygen atoms in total. The minimum absolute atomic E-state index is 0.0756. The SMILES string of the molecule is COc1cc(NC2(C(F)(F)F)CC2)c([N+](=O)[O-])cc1OC. The highest BCUT2D eigenvalue weighted by Crippen LogP contribution is 2.52. The highest BCUT2D eigenvalue weighted by molar-refractivity contribution is 5.70. The predicted octanol–water partition coefficient (Wildman–Crippen LogP) is 3.12. The lowest BCUT2D eigenvalue weighted by Gasteiger charge is -2.22. The first-order valence-electron chi connectivity index (χ1n) is 5.99. The molecule has 1 aromatic rings. The van der Waals surface area contributed by atoms with Gasteiger partial charge in [0.25, 0.3) is 5.69 Å². The largest absolute Gasteiger partial charge is 0.493 e. The molecule has 21 heavy (non-hydrogen) atoms. The number of nitro benzene ring substituents is 1. The Hall–Kier alpha value is -2.19. The Labute approximate surface area is 118 Å². The van der Waals surface area contributed by atoms with Crippen molar-refractivity contribution in [3.8, 4) is 11.5 Å². The zero-order valence-corrected chi connectivity index (χ0v) is 11.3. The number of hydrogen-bond acceptors (Lipinski definition) is 5. The second-order valence-electron chi connectivity index (χ2n) is 4.69. The molecule has 1 aliphatic rings. The molecule has 1 saturated carbocycles. The zero-order valence-electron chi connectivity index (χ0n) is 11.3. The van der Waals surface area contributed by atoms with E-state index in [4.69, 9.17) is 9.47 Å². The van der Waals surface area contributed by atoms with Crippen LogP contribution in [0.2, 0.25) is 0 Å². The van der Waals surface area contributed by atoms with Crippen LogP contribution in [0, 0.1) is 10.1 Å². The Morgan fingerprint density at radius 3 is 2.14 bits per heavy atom. The van der Waals surface area contributed by atoms with Crippen LogP contribution in [0.3, 0.4) is 0 Å². The topological polar surface area (TPSA) is 73.6 Å². The molecule has 0 unspecified atom stereocenters. The van der Waals surface area contributed by atoms with Crippen LogP contribution >= 0.6 is 0 Å². The molecule has 116 valence electrons. The van der Waals surface area contributed by atoms with Crippen LogP contribution in [-0.4, -0.2) is 30.9 Å². The summed E-state index contributed by atoms with van der Waals surface area (Å²) in [6, 6.07) is 2.18. The average Bonchev–Trinajstić information content (AvgIpc) is 3.18. The van der Waals surface area contributed by atoms with Crippen molar-refractivity contribution < 1.29 is 27.6 Å². The van der Waals surface area contributed by atoms with Crippen LogP contribution in [0.5, 0.6) is 11.5 Å². The molecular weight excluding hydrogens is 293 g/mol. The molecule has 0 aromatic heterocycles. The van der Waals surface area contributed by atoms with Gasteiger partial charge < -0.3 is 14.8 Å². The van der Waals surface area contributed by atoms with Crippen molar-refractivity contribution in [1.82, 2.24) is 0 Å². The van der Waals surface area contributed by atoms with Crippen LogP contribution in [0.25, 0.3) is 0 Å². The number of nitrogens with zero attached hydrogens (tertiary/aromatic N) is 1. The van der Waals surface area contributed by atoms with E-state index in [1.54, 1.807) is 0 Å². The van der Waals surface area contributed by atoms with Gasteiger partial charge in [-0.3, -0.25) is 10.1 Å². The number of anilines is 1. The summed E-state index contributed by atoms with van der Waals surface area (Å²) in [6.45, 7) is 0. The molecule has 1 aliphatic carbocycles. The Kier molecular flexibility index (Phi) is 3.60. The number of benzene rings is 1. The van der Waals surface area contributed by atoms with E-state index in [1.165, 1.54) is 14.2 Å². The second-order valence-corrected chi connectivity index (χ2v) is 4.69. The third-order valence-corrected chi connectivity index (χ3v) is 3.37. The standard InChI is InChI=1S/C12H13F3N2O4/c1-20-9-5-7(8(17(18)19)6-10(9)21-2)16-11(3-4-11)12(13,14)15/h5-6,16H,3-4H2,1-2H3. The smallest absolute Gasteiger partial charge is 0.411 e. The number of nitrogens with one attached hydrogen (secondary N) is 1. The minimum Gasteiger partial charge on any atom is -0.493 e. The van der Waals surface area contributed by atoms with Gasteiger partial charge in [-0.2, -0.15) is 13.2 Å². The van der Waals surface area contributed by atoms with Crippen LogP contribution in [0.4, 0.5) is 24.5 Å². The number of rotatable bonds is 5. The van der Waals surface area contributed by atoms with E-state index in [2.05, 4.69) is 5.32 Å². The van der Waals surface area contributed by atoms with Gasteiger partial charge in [0.05, 0.1) is 25.2 Å². The van der Waals surface area contributed by atoms with Crippen molar-refractivity contribution in [2.24, 2.45) is 0 Å². The summed E-state index contributed by atoms with van der Waals surface area (Å²) in [4.78, 5) is 10.3. The molecule has 1 N–H and O–H groups in total. The lowest BCUT2D eigenvalue weighted by Crippen LogP contribution is -2.38. The number of halogens is 3. The van der Waals surface area contributed by atoms with Crippen molar-refractivity contribution >= 4 is 11.4 Å². The summed E-state index contributed by atoms with van der Waals surface area (Å²) in [7, 11) is 2.58. The van der Waals surface area contributed by atoms with Gasteiger partial charge in [0.2, 0.25) is 0 Å². The molecule has 0 radical (unpaired) electrons. The average molecular weight is 306 g/mol. The third kappa shape index (κ3) is 2.67. The Morgan fingerprint density at radius 1 is 1.24 bits per heavy atom. The van der Waals surface area contributed by atoms with E-state index in [0.29, 0.717) is 0 Å². The number of nitro groups is 1. The lowest BCUT2D eigenvalue weighted by atomic mass is 10.2. The van der Waals surface area contributed by atoms with Gasteiger partial charge in [-0.25, -0.2) is 0 Å². The quantitative estimate of drug-likeness (QED) is 0.668. The Bertz CT molecular complexity index is 570. The van der Waals surface area contributed by atoms with Crippen LogP contribution in [0.15, 0.2) is 12.1 Å². The van der Waals surface area contributed by atoms with E-state index < -0.39 is 22.3 Å². The first-order chi connectivity index (χ1) is 9.74. The Balaban J connectivity index is 2.45. The van der Waals surface area contributed by atoms with Crippen LogP contribution in [0.1, 0.15) is 12.8 Å². The second kappa shape index (κ2) is 4.97.